The zero-order valence-electron chi connectivity index (χ0n) is 17.6. The number of amides is 1. The fraction of sp³-hybridized carbons (Fsp3) is 0.0870. The number of ether oxygens (including phenoxy) is 2. The van der Waals surface area contributed by atoms with Crippen LogP contribution in [0.3, 0.4) is 0 Å². The van der Waals surface area contributed by atoms with E-state index in [1.54, 1.807) is 18.2 Å². The van der Waals surface area contributed by atoms with Crippen molar-refractivity contribution in [3.05, 3.63) is 78.9 Å². The van der Waals surface area contributed by atoms with Gasteiger partial charge in [-0.15, -0.1) is 10.2 Å². The van der Waals surface area contributed by atoms with E-state index in [-0.39, 0.29) is 17.4 Å². The Bertz CT molecular complexity index is 1250. The molecule has 0 bridgehead atoms. The Morgan fingerprint density at radius 3 is 2.41 bits per heavy atom. The van der Waals surface area contributed by atoms with Gasteiger partial charge in [-0.1, -0.05) is 42.1 Å². The molecule has 0 unspecified atom stereocenters. The molecule has 4 aromatic rings. The average Bonchev–Trinajstić information content (AvgIpc) is 3.20. The summed E-state index contributed by atoms with van der Waals surface area (Å²) in [6.07, 6.45) is 0. The maximum Gasteiger partial charge on any atom is 0.387 e. The van der Waals surface area contributed by atoms with Crippen LogP contribution in [0.25, 0.3) is 11.4 Å². The molecule has 1 amide bonds. The van der Waals surface area contributed by atoms with Crippen LogP contribution in [0.2, 0.25) is 0 Å². The van der Waals surface area contributed by atoms with Gasteiger partial charge >= 0.3 is 6.61 Å². The molecule has 34 heavy (non-hydrogen) atoms. The molecule has 0 aliphatic heterocycles. The highest BCUT2D eigenvalue weighted by Gasteiger charge is 2.15. The standard InChI is InChI=1S/C23H19F2N5O3S/c24-22(25)33-17-12-10-15(11-13-17)21-28-29-23(30(21)26)34-14-20(31)27-18-8-4-5-9-19(18)32-16-6-2-1-3-7-16/h1-13,22H,14,26H2,(H,27,31). The highest BCUT2D eigenvalue weighted by atomic mass is 32.2. The minimum absolute atomic E-state index is 0.0182. The molecule has 1 aromatic heterocycles. The number of para-hydroxylation sites is 3. The summed E-state index contributed by atoms with van der Waals surface area (Å²) in [5.41, 5.74) is 1.08. The number of thioether (sulfide) groups is 1. The van der Waals surface area contributed by atoms with Crippen LogP contribution in [0, 0.1) is 0 Å². The number of nitrogen functional groups attached to an aromatic ring is 1. The molecule has 3 N–H and O–H groups in total. The average molecular weight is 484 g/mol. The highest BCUT2D eigenvalue weighted by molar-refractivity contribution is 7.99. The fourth-order valence-electron chi connectivity index (χ4n) is 2.95. The van der Waals surface area contributed by atoms with Crippen molar-refractivity contribution in [2.75, 3.05) is 16.9 Å². The lowest BCUT2D eigenvalue weighted by molar-refractivity contribution is -0.113. The largest absolute Gasteiger partial charge is 0.455 e. The number of anilines is 1. The lowest BCUT2D eigenvalue weighted by Crippen LogP contribution is -2.16. The normalized spacial score (nSPS) is 10.8. The van der Waals surface area contributed by atoms with Crippen LogP contribution in [0.4, 0.5) is 14.5 Å². The van der Waals surface area contributed by atoms with E-state index in [0.717, 1.165) is 11.8 Å². The molecular weight excluding hydrogens is 464 g/mol. The first-order valence-corrected chi connectivity index (χ1v) is 11.0. The van der Waals surface area contributed by atoms with Gasteiger partial charge in [-0.25, -0.2) is 4.68 Å². The Hall–Kier alpha value is -4.12. The number of alkyl halides is 2. The van der Waals surface area contributed by atoms with Gasteiger partial charge in [-0.2, -0.15) is 8.78 Å². The highest BCUT2D eigenvalue weighted by Crippen LogP contribution is 2.30. The van der Waals surface area contributed by atoms with Crippen molar-refractivity contribution in [2.24, 2.45) is 0 Å². The first kappa shape index (κ1) is 23.1. The van der Waals surface area contributed by atoms with Gasteiger partial charge in [-0.3, -0.25) is 4.79 Å². The predicted molar refractivity (Wildman–Crippen MR) is 125 cm³/mol. The third-order valence-electron chi connectivity index (χ3n) is 4.47. The molecular formula is C23H19F2N5O3S. The van der Waals surface area contributed by atoms with Crippen molar-refractivity contribution >= 4 is 23.4 Å². The molecule has 4 rings (SSSR count). The second-order valence-corrected chi connectivity index (χ2v) is 7.77. The van der Waals surface area contributed by atoms with Gasteiger partial charge in [0.15, 0.2) is 11.6 Å². The number of carbonyl (C=O) groups excluding carboxylic acids is 1. The molecule has 0 aliphatic rings. The Morgan fingerprint density at radius 2 is 1.68 bits per heavy atom. The lowest BCUT2D eigenvalue weighted by Gasteiger charge is -2.12. The van der Waals surface area contributed by atoms with Crippen molar-refractivity contribution < 1.29 is 23.0 Å². The number of hydrogen-bond donors (Lipinski definition) is 2. The number of nitrogens with one attached hydrogen (secondary N) is 1. The van der Waals surface area contributed by atoms with Crippen LogP contribution >= 0.6 is 11.8 Å². The number of aromatic nitrogens is 3. The zero-order valence-corrected chi connectivity index (χ0v) is 18.4. The summed E-state index contributed by atoms with van der Waals surface area (Å²) in [5, 5.41) is 11.2. The van der Waals surface area contributed by atoms with Crippen molar-refractivity contribution in [1.29, 1.82) is 0 Å². The maximum atomic E-state index is 12.5. The van der Waals surface area contributed by atoms with Gasteiger partial charge in [0.2, 0.25) is 11.1 Å². The third-order valence-corrected chi connectivity index (χ3v) is 5.41. The van der Waals surface area contributed by atoms with Crippen LogP contribution in [0.5, 0.6) is 17.2 Å². The second-order valence-electron chi connectivity index (χ2n) is 6.83. The maximum absolute atomic E-state index is 12.5. The molecule has 0 spiro atoms. The molecule has 3 aromatic carbocycles. The van der Waals surface area contributed by atoms with E-state index in [1.165, 1.54) is 28.9 Å². The minimum atomic E-state index is -2.91. The number of rotatable bonds is 9. The summed E-state index contributed by atoms with van der Waals surface area (Å²) in [5.74, 6) is 7.30. The van der Waals surface area contributed by atoms with Gasteiger partial charge in [0.1, 0.15) is 11.5 Å². The number of carbonyl (C=O) groups is 1. The number of benzene rings is 3. The first-order chi connectivity index (χ1) is 16.5. The van der Waals surface area contributed by atoms with Crippen molar-refractivity contribution in [3.63, 3.8) is 0 Å². The van der Waals surface area contributed by atoms with Gasteiger partial charge in [0.05, 0.1) is 11.4 Å². The van der Waals surface area contributed by atoms with Gasteiger partial charge in [0, 0.05) is 5.56 Å². The molecule has 0 atom stereocenters. The predicted octanol–water partition coefficient (Wildman–Crippen LogP) is 4.78. The van der Waals surface area contributed by atoms with Crippen LogP contribution in [-0.2, 0) is 4.79 Å². The SMILES string of the molecule is Nn1c(SCC(=O)Nc2ccccc2Oc2ccccc2)nnc1-c1ccc(OC(F)F)cc1. The van der Waals surface area contributed by atoms with E-state index in [4.69, 9.17) is 10.6 Å². The zero-order chi connectivity index (χ0) is 23.9. The van der Waals surface area contributed by atoms with E-state index in [1.807, 2.05) is 36.4 Å². The molecule has 0 radical (unpaired) electrons. The quantitative estimate of drug-likeness (QED) is 0.261. The van der Waals surface area contributed by atoms with Crippen molar-refractivity contribution in [1.82, 2.24) is 14.9 Å². The van der Waals surface area contributed by atoms with E-state index in [0.29, 0.717) is 33.7 Å². The molecule has 11 heteroatoms. The van der Waals surface area contributed by atoms with Crippen molar-refractivity contribution in [2.45, 2.75) is 11.8 Å². The number of hydrogen-bond acceptors (Lipinski definition) is 7. The second kappa shape index (κ2) is 10.7. The van der Waals surface area contributed by atoms with E-state index in [9.17, 15) is 13.6 Å². The van der Waals surface area contributed by atoms with Gasteiger partial charge in [-0.05, 0) is 48.5 Å². The number of halogens is 2. The third kappa shape index (κ3) is 5.81. The molecule has 0 aliphatic carbocycles. The Morgan fingerprint density at radius 1 is 0.971 bits per heavy atom. The molecule has 0 fully saturated rings. The van der Waals surface area contributed by atoms with Crippen LogP contribution in [-0.4, -0.2) is 33.1 Å². The summed E-state index contributed by atoms with van der Waals surface area (Å²) in [7, 11) is 0. The molecule has 0 saturated heterocycles. The number of nitrogens with zero attached hydrogens (tertiary/aromatic N) is 3. The van der Waals surface area contributed by atoms with E-state index < -0.39 is 6.61 Å². The summed E-state index contributed by atoms with van der Waals surface area (Å²) in [4.78, 5) is 12.5. The summed E-state index contributed by atoms with van der Waals surface area (Å²) < 4.78 is 36.0. The van der Waals surface area contributed by atoms with E-state index >= 15 is 0 Å². The van der Waals surface area contributed by atoms with E-state index in [2.05, 4.69) is 20.3 Å². The Labute approximate surface area is 197 Å². The topological polar surface area (TPSA) is 104 Å². The fourth-order valence-corrected chi connectivity index (χ4v) is 3.61. The van der Waals surface area contributed by atoms with Gasteiger partial charge in [0.25, 0.3) is 0 Å². The Kier molecular flexibility index (Phi) is 7.23. The molecule has 0 saturated carbocycles. The summed E-state index contributed by atoms with van der Waals surface area (Å²) in [6.45, 7) is -2.91. The monoisotopic (exact) mass is 483 g/mol. The number of nitrogens with two attached hydrogens (primary N) is 1. The summed E-state index contributed by atoms with van der Waals surface area (Å²) >= 11 is 1.10. The van der Waals surface area contributed by atoms with Gasteiger partial charge < -0.3 is 20.6 Å². The Balaban J connectivity index is 1.38. The minimum Gasteiger partial charge on any atom is -0.455 e. The van der Waals surface area contributed by atoms with Crippen molar-refractivity contribution in [3.8, 4) is 28.6 Å². The smallest absolute Gasteiger partial charge is 0.387 e. The van der Waals surface area contributed by atoms with Crippen LogP contribution in [0.15, 0.2) is 84.0 Å². The summed E-state index contributed by atoms with van der Waals surface area (Å²) in [6, 6.07) is 22.2. The molecule has 174 valence electrons. The molecule has 1 heterocycles. The lowest BCUT2D eigenvalue weighted by atomic mass is 10.2. The first-order valence-electron chi connectivity index (χ1n) is 10.00. The molecule has 8 nitrogen and oxygen atoms in total. The van der Waals surface area contributed by atoms with Crippen LogP contribution in [0.1, 0.15) is 0 Å². The van der Waals surface area contributed by atoms with Crippen LogP contribution < -0.4 is 20.6 Å².